The van der Waals surface area contributed by atoms with Crippen molar-refractivity contribution in [3.05, 3.63) is 71.8 Å². The SMILES string of the molecule is COCCOCOC[C@H](C[C@H](C)OC(=O)N1C(C)(C)COC1(C)C)N(Cc1ccccc1)Cc1ccccc1. The van der Waals surface area contributed by atoms with E-state index in [1.165, 1.54) is 11.1 Å². The van der Waals surface area contributed by atoms with Crippen LogP contribution in [0.5, 0.6) is 0 Å². The normalized spacial score (nSPS) is 17.8. The highest BCUT2D eigenvalue weighted by molar-refractivity contribution is 5.70. The number of amides is 1. The molecule has 1 saturated heterocycles. The topological polar surface area (TPSA) is 69.7 Å². The summed E-state index contributed by atoms with van der Waals surface area (Å²) in [5, 5.41) is 0. The van der Waals surface area contributed by atoms with Gasteiger partial charge in [-0.2, -0.15) is 0 Å². The summed E-state index contributed by atoms with van der Waals surface area (Å²) < 4.78 is 28.5. The predicted molar refractivity (Wildman–Crippen MR) is 151 cm³/mol. The maximum absolute atomic E-state index is 13.3. The zero-order valence-corrected chi connectivity index (χ0v) is 24.4. The lowest BCUT2D eigenvalue weighted by Crippen LogP contribution is -2.53. The third-order valence-electron chi connectivity index (χ3n) is 6.89. The van der Waals surface area contributed by atoms with Crippen LogP contribution < -0.4 is 0 Å². The van der Waals surface area contributed by atoms with E-state index >= 15 is 0 Å². The highest BCUT2D eigenvalue weighted by atomic mass is 16.7. The van der Waals surface area contributed by atoms with Crippen LogP contribution in [-0.4, -0.2) is 79.6 Å². The van der Waals surface area contributed by atoms with Crippen molar-refractivity contribution in [2.45, 2.75) is 77.5 Å². The first-order valence-corrected chi connectivity index (χ1v) is 13.7. The molecule has 1 heterocycles. The Morgan fingerprint density at radius 2 is 1.54 bits per heavy atom. The molecule has 0 unspecified atom stereocenters. The minimum atomic E-state index is -0.727. The zero-order chi connectivity index (χ0) is 28.3. The van der Waals surface area contributed by atoms with Crippen molar-refractivity contribution in [3.63, 3.8) is 0 Å². The van der Waals surface area contributed by atoms with E-state index in [4.69, 9.17) is 23.7 Å². The molecule has 0 spiro atoms. The van der Waals surface area contributed by atoms with E-state index < -0.39 is 11.3 Å². The minimum absolute atomic E-state index is 0.0323. The Morgan fingerprint density at radius 1 is 0.949 bits per heavy atom. The fourth-order valence-corrected chi connectivity index (χ4v) is 5.05. The maximum atomic E-state index is 13.3. The molecule has 0 bridgehead atoms. The van der Waals surface area contributed by atoms with Gasteiger partial charge in [-0.1, -0.05) is 60.7 Å². The van der Waals surface area contributed by atoms with Crippen LogP contribution in [0.1, 0.15) is 52.2 Å². The number of nitrogens with zero attached hydrogens (tertiary/aromatic N) is 2. The third-order valence-corrected chi connectivity index (χ3v) is 6.89. The summed E-state index contributed by atoms with van der Waals surface area (Å²) in [6, 6.07) is 20.7. The van der Waals surface area contributed by atoms with Crippen LogP contribution in [0.3, 0.4) is 0 Å². The highest BCUT2D eigenvalue weighted by Gasteiger charge is 2.50. The van der Waals surface area contributed by atoms with E-state index in [-0.39, 0.29) is 25.0 Å². The van der Waals surface area contributed by atoms with E-state index in [2.05, 4.69) is 53.4 Å². The van der Waals surface area contributed by atoms with Crippen LogP contribution in [0, 0.1) is 0 Å². The molecule has 0 aromatic heterocycles. The van der Waals surface area contributed by atoms with Gasteiger partial charge in [-0.15, -0.1) is 0 Å². The van der Waals surface area contributed by atoms with Gasteiger partial charge in [-0.25, -0.2) is 4.79 Å². The monoisotopic (exact) mass is 542 g/mol. The minimum Gasteiger partial charge on any atom is -0.446 e. The predicted octanol–water partition coefficient (Wildman–Crippen LogP) is 5.46. The molecule has 0 aliphatic carbocycles. The Bertz CT molecular complexity index is 928. The number of hydrogen-bond donors (Lipinski definition) is 0. The largest absolute Gasteiger partial charge is 0.446 e. The highest BCUT2D eigenvalue weighted by Crippen LogP contribution is 2.35. The van der Waals surface area contributed by atoms with Crippen LogP contribution in [0.15, 0.2) is 60.7 Å². The molecule has 0 N–H and O–H groups in total. The molecule has 0 saturated carbocycles. The van der Waals surface area contributed by atoms with Crippen LogP contribution in [0.4, 0.5) is 4.79 Å². The second-order valence-corrected chi connectivity index (χ2v) is 11.2. The molecule has 1 aliphatic heterocycles. The van der Waals surface area contributed by atoms with E-state index in [0.29, 0.717) is 32.8 Å². The first kappa shape index (κ1) is 31.0. The lowest BCUT2D eigenvalue weighted by atomic mass is 10.0. The van der Waals surface area contributed by atoms with Crippen LogP contribution in [-0.2, 0) is 36.8 Å². The van der Waals surface area contributed by atoms with Crippen LogP contribution in [0.2, 0.25) is 0 Å². The number of ether oxygens (including phenoxy) is 5. The summed E-state index contributed by atoms with van der Waals surface area (Å²) in [6.45, 7) is 13.2. The summed E-state index contributed by atoms with van der Waals surface area (Å²) in [5.41, 5.74) is 1.23. The van der Waals surface area contributed by atoms with Crippen molar-refractivity contribution in [1.82, 2.24) is 9.80 Å². The van der Waals surface area contributed by atoms with Gasteiger partial charge in [0, 0.05) is 32.7 Å². The number of carbonyl (C=O) groups excluding carboxylic acids is 1. The Labute approximate surface area is 234 Å². The van der Waals surface area contributed by atoms with E-state index in [1.54, 1.807) is 12.0 Å². The standard InChI is InChI=1S/C31H46N2O6/c1-25(39-29(34)33-30(2,3)23-38-31(33,4)5)19-28(22-37-24-36-18-17-35-6)32(20-26-13-9-7-10-14-26)21-27-15-11-8-12-16-27/h7-16,25,28H,17-24H2,1-6H3/t25-,28-/m0/s1. The van der Waals surface area contributed by atoms with Gasteiger partial charge in [-0.3, -0.25) is 9.80 Å². The van der Waals surface area contributed by atoms with Gasteiger partial charge in [0.15, 0.2) is 0 Å². The summed E-state index contributed by atoms with van der Waals surface area (Å²) >= 11 is 0. The Kier molecular flexibility index (Phi) is 11.8. The molecular formula is C31H46N2O6. The average molecular weight is 543 g/mol. The second kappa shape index (κ2) is 14.8. The molecule has 2 aromatic carbocycles. The van der Waals surface area contributed by atoms with Crippen molar-refractivity contribution >= 4 is 6.09 Å². The molecule has 0 radical (unpaired) electrons. The zero-order valence-electron chi connectivity index (χ0n) is 24.4. The Balaban J connectivity index is 1.75. The number of hydrogen-bond acceptors (Lipinski definition) is 7. The summed E-state index contributed by atoms with van der Waals surface area (Å²) in [6.07, 6.45) is -0.115. The molecule has 1 fully saturated rings. The number of methoxy groups -OCH3 is 1. The van der Waals surface area contributed by atoms with Gasteiger partial charge in [0.2, 0.25) is 0 Å². The fraction of sp³-hybridized carbons (Fsp3) is 0.581. The number of rotatable bonds is 15. The molecule has 3 rings (SSSR count). The van der Waals surface area contributed by atoms with Gasteiger partial charge in [0.25, 0.3) is 0 Å². The molecule has 8 heteroatoms. The second-order valence-electron chi connectivity index (χ2n) is 11.2. The molecule has 1 aliphatic rings. The van der Waals surface area contributed by atoms with Crippen molar-refractivity contribution in [1.29, 1.82) is 0 Å². The van der Waals surface area contributed by atoms with Crippen LogP contribution >= 0.6 is 0 Å². The van der Waals surface area contributed by atoms with Crippen molar-refractivity contribution < 1.29 is 28.5 Å². The Morgan fingerprint density at radius 3 is 2.05 bits per heavy atom. The summed E-state index contributed by atoms with van der Waals surface area (Å²) in [5.74, 6) is 0. The molecular weight excluding hydrogens is 496 g/mol. The van der Waals surface area contributed by atoms with Gasteiger partial charge in [0.1, 0.15) is 18.6 Å². The van der Waals surface area contributed by atoms with Gasteiger partial charge < -0.3 is 23.7 Å². The molecule has 216 valence electrons. The van der Waals surface area contributed by atoms with Crippen LogP contribution in [0.25, 0.3) is 0 Å². The lowest BCUT2D eigenvalue weighted by molar-refractivity contribution is -0.0879. The van der Waals surface area contributed by atoms with Gasteiger partial charge in [-0.05, 0) is 45.7 Å². The van der Waals surface area contributed by atoms with Crippen molar-refractivity contribution in [2.75, 3.05) is 40.3 Å². The van der Waals surface area contributed by atoms with Crippen molar-refractivity contribution in [3.8, 4) is 0 Å². The van der Waals surface area contributed by atoms with E-state index in [9.17, 15) is 4.79 Å². The molecule has 8 nitrogen and oxygen atoms in total. The smallest absolute Gasteiger partial charge is 0.412 e. The molecule has 2 aromatic rings. The fourth-order valence-electron chi connectivity index (χ4n) is 5.05. The molecule has 2 atom stereocenters. The van der Waals surface area contributed by atoms with Gasteiger partial charge >= 0.3 is 6.09 Å². The third kappa shape index (κ3) is 9.58. The quantitative estimate of drug-likeness (QED) is 0.219. The molecule has 39 heavy (non-hydrogen) atoms. The Hall–Kier alpha value is -2.49. The van der Waals surface area contributed by atoms with E-state index in [1.807, 2.05) is 46.8 Å². The van der Waals surface area contributed by atoms with Gasteiger partial charge in [0.05, 0.1) is 32.0 Å². The summed E-state index contributed by atoms with van der Waals surface area (Å²) in [7, 11) is 1.64. The van der Waals surface area contributed by atoms with Crippen molar-refractivity contribution in [2.24, 2.45) is 0 Å². The number of carbonyl (C=O) groups is 1. The first-order valence-electron chi connectivity index (χ1n) is 13.7. The molecule has 1 amide bonds. The van der Waals surface area contributed by atoms with E-state index in [0.717, 1.165) is 13.1 Å². The average Bonchev–Trinajstić information content (AvgIpc) is 3.12. The first-order chi connectivity index (χ1) is 18.6. The number of benzene rings is 2. The lowest BCUT2D eigenvalue weighted by Gasteiger charge is -2.38. The summed E-state index contributed by atoms with van der Waals surface area (Å²) in [4.78, 5) is 17.4. The maximum Gasteiger partial charge on any atom is 0.412 e.